The molecule has 1 aliphatic heterocycles. The molecule has 2 amide bonds. The number of nitrogens with zero attached hydrogens (tertiary/aromatic N) is 1. The number of amides is 2. The number of likely N-dealkylation sites (tertiary alicyclic amines) is 1. The molecular formula is C23H28N2O2. The first-order chi connectivity index (χ1) is 13.0. The number of carbonyl (C=O) groups excluding carboxylic acids is 2. The van der Waals surface area contributed by atoms with Crippen LogP contribution >= 0.6 is 0 Å². The van der Waals surface area contributed by atoms with Gasteiger partial charge in [-0.05, 0) is 62.4 Å². The average Bonchev–Trinajstić information content (AvgIpc) is 2.70. The molecule has 2 aromatic carbocycles. The lowest BCUT2D eigenvalue weighted by molar-refractivity contribution is -0.126. The predicted molar refractivity (Wildman–Crippen MR) is 108 cm³/mol. The maximum Gasteiger partial charge on any atom is 0.253 e. The first-order valence-corrected chi connectivity index (χ1v) is 9.67. The van der Waals surface area contributed by atoms with E-state index in [4.69, 9.17) is 0 Å². The van der Waals surface area contributed by atoms with Gasteiger partial charge in [-0.15, -0.1) is 0 Å². The van der Waals surface area contributed by atoms with Gasteiger partial charge >= 0.3 is 0 Å². The Morgan fingerprint density at radius 3 is 2.30 bits per heavy atom. The number of benzene rings is 2. The summed E-state index contributed by atoms with van der Waals surface area (Å²) in [5.74, 6) is 0.124. The fourth-order valence-corrected chi connectivity index (χ4v) is 3.56. The van der Waals surface area contributed by atoms with Crippen LogP contribution in [0.25, 0.3) is 0 Å². The van der Waals surface area contributed by atoms with Gasteiger partial charge in [0.1, 0.15) is 0 Å². The van der Waals surface area contributed by atoms with E-state index in [0.29, 0.717) is 25.9 Å². The number of piperidine rings is 1. The minimum absolute atomic E-state index is 0.00565. The Balaban J connectivity index is 1.54. The molecule has 0 aliphatic carbocycles. The Kier molecular flexibility index (Phi) is 5.94. The molecule has 1 unspecified atom stereocenters. The van der Waals surface area contributed by atoms with Crippen LogP contribution in [0.15, 0.2) is 48.5 Å². The standard InChI is InChI=1S/C23H28N2O2/c1-16-9-10-21(15-17(16)2)23(27)25-13-11-20(12-14-25)22(26)24-18(3)19-7-5-4-6-8-19/h4-10,15,18,20H,11-14H2,1-3H3,(H,24,26). The Morgan fingerprint density at radius 1 is 1.00 bits per heavy atom. The van der Waals surface area contributed by atoms with Gasteiger partial charge in [-0.2, -0.15) is 0 Å². The van der Waals surface area contributed by atoms with Crippen LogP contribution in [0.5, 0.6) is 0 Å². The smallest absolute Gasteiger partial charge is 0.253 e. The zero-order chi connectivity index (χ0) is 19.4. The van der Waals surface area contributed by atoms with Gasteiger partial charge in [0.15, 0.2) is 0 Å². The molecule has 1 heterocycles. The quantitative estimate of drug-likeness (QED) is 0.890. The van der Waals surface area contributed by atoms with Crippen LogP contribution in [0.4, 0.5) is 0 Å². The molecule has 0 saturated carbocycles. The van der Waals surface area contributed by atoms with Crippen LogP contribution in [0.3, 0.4) is 0 Å². The minimum atomic E-state index is -0.0278. The van der Waals surface area contributed by atoms with Crippen LogP contribution in [-0.2, 0) is 4.79 Å². The highest BCUT2D eigenvalue weighted by molar-refractivity contribution is 5.94. The number of nitrogens with one attached hydrogen (secondary N) is 1. The fourth-order valence-electron chi connectivity index (χ4n) is 3.56. The van der Waals surface area contributed by atoms with Crippen LogP contribution in [-0.4, -0.2) is 29.8 Å². The van der Waals surface area contributed by atoms with Crippen molar-refractivity contribution in [3.63, 3.8) is 0 Å². The van der Waals surface area contributed by atoms with Crippen molar-refractivity contribution in [2.24, 2.45) is 5.92 Å². The third-order valence-corrected chi connectivity index (χ3v) is 5.57. The highest BCUT2D eigenvalue weighted by Crippen LogP contribution is 2.22. The summed E-state index contributed by atoms with van der Waals surface area (Å²) in [6.45, 7) is 7.33. The number of carbonyl (C=O) groups is 2. The van der Waals surface area contributed by atoms with Crippen LogP contribution in [0.1, 0.15) is 52.9 Å². The Bertz CT molecular complexity index is 808. The molecule has 1 atom stereocenters. The van der Waals surface area contributed by atoms with Crippen molar-refractivity contribution >= 4 is 11.8 Å². The highest BCUT2D eigenvalue weighted by Gasteiger charge is 2.28. The van der Waals surface area contributed by atoms with E-state index in [9.17, 15) is 9.59 Å². The van der Waals surface area contributed by atoms with Gasteiger partial charge in [-0.25, -0.2) is 0 Å². The molecule has 142 valence electrons. The van der Waals surface area contributed by atoms with Gasteiger partial charge in [0.2, 0.25) is 5.91 Å². The summed E-state index contributed by atoms with van der Waals surface area (Å²) in [4.78, 5) is 27.2. The van der Waals surface area contributed by atoms with Gasteiger partial charge in [-0.1, -0.05) is 36.4 Å². The number of hydrogen-bond donors (Lipinski definition) is 1. The van der Waals surface area contributed by atoms with Crippen molar-refractivity contribution in [3.8, 4) is 0 Å². The summed E-state index contributed by atoms with van der Waals surface area (Å²) in [7, 11) is 0. The molecule has 2 aromatic rings. The summed E-state index contributed by atoms with van der Waals surface area (Å²) >= 11 is 0. The number of aryl methyl sites for hydroxylation is 2. The van der Waals surface area contributed by atoms with Crippen LogP contribution in [0, 0.1) is 19.8 Å². The van der Waals surface area contributed by atoms with E-state index in [1.165, 1.54) is 5.56 Å². The zero-order valence-electron chi connectivity index (χ0n) is 16.4. The second-order valence-electron chi connectivity index (χ2n) is 7.51. The lowest BCUT2D eigenvalue weighted by Gasteiger charge is -2.32. The molecule has 1 aliphatic rings. The monoisotopic (exact) mass is 364 g/mol. The zero-order valence-corrected chi connectivity index (χ0v) is 16.4. The molecule has 0 spiro atoms. The number of rotatable bonds is 4. The fraction of sp³-hybridized carbons (Fsp3) is 0.391. The number of hydrogen-bond acceptors (Lipinski definition) is 2. The van der Waals surface area contributed by atoms with E-state index < -0.39 is 0 Å². The van der Waals surface area contributed by atoms with E-state index in [0.717, 1.165) is 16.7 Å². The molecule has 1 fully saturated rings. The van der Waals surface area contributed by atoms with Crippen LogP contribution in [0.2, 0.25) is 0 Å². The van der Waals surface area contributed by atoms with Crippen molar-refractivity contribution in [2.75, 3.05) is 13.1 Å². The highest BCUT2D eigenvalue weighted by atomic mass is 16.2. The second-order valence-corrected chi connectivity index (χ2v) is 7.51. The molecule has 27 heavy (non-hydrogen) atoms. The average molecular weight is 364 g/mol. The lowest BCUT2D eigenvalue weighted by Crippen LogP contribution is -2.43. The normalized spacial score (nSPS) is 16.0. The first kappa shape index (κ1) is 19.2. The van der Waals surface area contributed by atoms with Gasteiger partial charge in [0.25, 0.3) is 5.91 Å². The third kappa shape index (κ3) is 4.57. The molecule has 0 radical (unpaired) electrons. The predicted octanol–water partition coefficient (Wildman–Crippen LogP) is 4.03. The van der Waals surface area contributed by atoms with Crippen molar-refractivity contribution in [3.05, 3.63) is 70.8 Å². The van der Waals surface area contributed by atoms with Crippen molar-refractivity contribution in [1.82, 2.24) is 10.2 Å². The molecule has 1 saturated heterocycles. The third-order valence-electron chi connectivity index (χ3n) is 5.57. The maximum atomic E-state index is 12.7. The maximum absolute atomic E-state index is 12.7. The second kappa shape index (κ2) is 8.38. The summed E-state index contributed by atoms with van der Waals surface area (Å²) in [6.07, 6.45) is 1.42. The minimum Gasteiger partial charge on any atom is -0.349 e. The molecule has 0 aromatic heterocycles. The van der Waals surface area contributed by atoms with Gasteiger partial charge in [0, 0.05) is 24.6 Å². The van der Waals surface area contributed by atoms with Crippen LogP contribution < -0.4 is 5.32 Å². The van der Waals surface area contributed by atoms with Crippen molar-refractivity contribution in [1.29, 1.82) is 0 Å². The Labute approximate surface area is 161 Å². The summed E-state index contributed by atoms with van der Waals surface area (Å²) < 4.78 is 0. The van der Waals surface area contributed by atoms with E-state index in [1.54, 1.807) is 0 Å². The molecule has 4 nitrogen and oxygen atoms in total. The topological polar surface area (TPSA) is 49.4 Å². The summed E-state index contributed by atoms with van der Waals surface area (Å²) in [6, 6.07) is 15.8. The Morgan fingerprint density at radius 2 is 1.67 bits per heavy atom. The molecule has 0 bridgehead atoms. The van der Waals surface area contributed by atoms with Crippen molar-refractivity contribution < 1.29 is 9.59 Å². The molecule has 3 rings (SSSR count). The van der Waals surface area contributed by atoms with E-state index in [1.807, 2.05) is 74.2 Å². The molecular weight excluding hydrogens is 336 g/mol. The summed E-state index contributed by atoms with van der Waals surface area (Å²) in [5, 5.41) is 3.11. The Hall–Kier alpha value is -2.62. The van der Waals surface area contributed by atoms with Gasteiger partial charge in [0.05, 0.1) is 6.04 Å². The lowest BCUT2D eigenvalue weighted by atomic mass is 9.94. The first-order valence-electron chi connectivity index (χ1n) is 9.67. The van der Waals surface area contributed by atoms with E-state index in [-0.39, 0.29) is 23.8 Å². The van der Waals surface area contributed by atoms with Crippen molar-refractivity contribution in [2.45, 2.75) is 39.7 Å². The molecule has 4 heteroatoms. The van der Waals surface area contributed by atoms with E-state index >= 15 is 0 Å². The van der Waals surface area contributed by atoms with E-state index in [2.05, 4.69) is 5.32 Å². The van der Waals surface area contributed by atoms with Gasteiger partial charge < -0.3 is 10.2 Å². The van der Waals surface area contributed by atoms with Gasteiger partial charge in [-0.3, -0.25) is 9.59 Å². The molecule has 1 N–H and O–H groups in total. The summed E-state index contributed by atoms with van der Waals surface area (Å²) in [5.41, 5.74) is 4.16. The SMILES string of the molecule is Cc1ccc(C(=O)N2CCC(C(=O)NC(C)c3ccccc3)CC2)cc1C. The largest absolute Gasteiger partial charge is 0.349 e.